The van der Waals surface area contributed by atoms with E-state index in [1.54, 1.807) is 0 Å². The van der Waals surface area contributed by atoms with E-state index in [4.69, 9.17) is 9.47 Å². The molecule has 0 radical (unpaired) electrons. The zero-order valence-corrected chi connectivity index (χ0v) is 16.4. The molecule has 1 heterocycles. The molecular formula is C23H36O2. The SMILES string of the molecule is CCC1C=CC2(C)C(CCC3C2CCC2(C)C3CCC23OCCO3)C1. The number of allylic oxidation sites excluding steroid dienone is 2. The largest absolute Gasteiger partial charge is 0.347 e. The van der Waals surface area contributed by atoms with Crippen LogP contribution in [0.15, 0.2) is 12.2 Å². The Morgan fingerprint density at radius 1 is 0.960 bits per heavy atom. The summed E-state index contributed by atoms with van der Waals surface area (Å²) in [6.45, 7) is 9.07. The number of rotatable bonds is 1. The van der Waals surface area contributed by atoms with Gasteiger partial charge in [-0.05, 0) is 80.0 Å². The van der Waals surface area contributed by atoms with Crippen LogP contribution in [0.2, 0.25) is 0 Å². The first-order valence-corrected chi connectivity index (χ1v) is 11.0. The molecule has 0 aromatic heterocycles. The summed E-state index contributed by atoms with van der Waals surface area (Å²) in [5.74, 6) is 4.08. The predicted molar refractivity (Wildman–Crippen MR) is 100 cm³/mol. The Balaban J connectivity index is 1.46. The van der Waals surface area contributed by atoms with Crippen molar-refractivity contribution >= 4 is 0 Å². The maximum atomic E-state index is 6.28. The van der Waals surface area contributed by atoms with Gasteiger partial charge in [-0.25, -0.2) is 0 Å². The summed E-state index contributed by atoms with van der Waals surface area (Å²) in [7, 11) is 0. The third-order valence-corrected chi connectivity index (χ3v) is 9.60. The van der Waals surface area contributed by atoms with Crippen molar-refractivity contribution in [3.05, 3.63) is 12.2 Å². The number of hydrogen-bond donors (Lipinski definition) is 0. The van der Waals surface area contributed by atoms with E-state index < -0.39 is 0 Å². The molecule has 7 atom stereocenters. The Morgan fingerprint density at radius 2 is 1.72 bits per heavy atom. The second kappa shape index (κ2) is 5.58. The number of hydrogen-bond acceptors (Lipinski definition) is 2. The van der Waals surface area contributed by atoms with Crippen LogP contribution in [0.4, 0.5) is 0 Å². The average Bonchev–Trinajstić information content (AvgIpc) is 3.21. The Labute approximate surface area is 153 Å². The summed E-state index contributed by atoms with van der Waals surface area (Å²) >= 11 is 0. The molecule has 0 bridgehead atoms. The van der Waals surface area contributed by atoms with E-state index in [9.17, 15) is 0 Å². The van der Waals surface area contributed by atoms with Crippen molar-refractivity contribution < 1.29 is 9.47 Å². The summed E-state index contributed by atoms with van der Waals surface area (Å²) in [6.07, 6.45) is 16.0. The quantitative estimate of drug-likeness (QED) is 0.579. The van der Waals surface area contributed by atoms with Crippen LogP contribution in [-0.2, 0) is 9.47 Å². The first-order valence-electron chi connectivity index (χ1n) is 11.0. The smallest absolute Gasteiger partial charge is 0.174 e. The minimum atomic E-state index is -0.240. The molecule has 0 amide bonds. The minimum Gasteiger partial charge on any atom is -0.347 e. The van der Waals surface area contributed by atoms with Gasteiger partial charge in [-0.1, -0.05) is 32.9 Å². The van der Waals surface area contributed by atoms with E-state index in [1.165, 1.54) is 44.9 Å². The van der Waals surface area contributed by atoms with Crippen LogP contribution in [0, 0.1) is 40.4 Å². The molecule has 25 heavy (non-hydrogen) atoms. The normalized spacial score (nSPS) is 53.5. The lowest BCUT2D eigenvalue weighted by atomic mass is 9.45. The highest BCUT2D eigenvalue weighted by Crippen LogP contribution is 2.69. The topological polar surface area (TPSA) is 18.5 Å². The van der Waals surface area contributed by atoms with Crippen LogP contribution in [0.5, 0.6) is 0 Å². The third kappa shape index (κ3) is 2.10. The van der Waals surface area contributed by atoms with Gasteiger partial charge in [0.15, 0.2) is 5.79 Å². The molecule has 7 unspecified atom stereocenters. The Hall–Kier alpha value is -0.340. The van der Waals surface area contributed by atoms with Crippen molar-refractivity contribution in [3.8, 4) is 0 Å². The second-order valence-electron chi connectivity index (χ2n) is 10.2. The highest BCUT2D eigenvalue weighted by atomic mass is 16.7. The molecule has 0 aromatic carbocycles. The van der Waals surface area contributed by atoms with Gasteiger partial charge in [-0.3, -0.25) is 0 Å². The van der Waals surface area contributed by atoms with Crippen LogP contribution in [0.25, 0.3) is 0 Å². The van der Waals surface area contributed by atoms with Gasteiger partial charge >= 0.3 is 0 Å². The van der Waals surface area contributed by atoms with Crippen LogP contribution < -0.4 is 0 Å². The summed E-state index contributed by atoms with van der Waals surface area (Å²) in [5.41, 5.74) is 0.696. The average molecular weight is 345 g/mol. The van der Waals surface area contributed by atoms with Crippen LogP contribution in [-0.4, -0.2) is 19.0 Å². The maximum Gasteiger partial charge on any atom is 0.174 e. The number of fused-ring (bicyclic) bond motifs is 6. The standard InChI is InChI=1S/C23H36O2/c1-4-16-7-10-21(2)17(15-16)5-6-18-19(21)8-11-22(3)20(18)9-12-23(22)24-13-14-25-23/h7,10,16-20H,4-6,8-9,11-15H2,1-3H3. The van der Waals surface area contributed by atoms with Gasteiger partial charge in [0.2, 0.25) is 0 Å². The molecule has 140 valence electrons. The fraction of sp³-hybridized carbons (Fsp3) is 0.913. The summed E-state index contributed by atoms with van der Waals surface area (Å²) in [6, 6.07) is 0. The Bertz CT molecular complexity index is 562. The fourth-order valence-electron chi connectivity index (χ4n) is 8.08. The Morgan fingerprint density at radius 3 is 2.48 bits per heavy atom. The zero-order chi connectivity index (χ0) is 17.3. The summed E-state index contributed by atoms with van der Waals surface area (Å²) in [5, 5.41) is 0. The third-order valence-electron chi connectivity index (χ3n) is 9.60. The van der Waals surface area contributed by atoms with Crippen LogP contribution in [0.3, 0.4) is 0 Å². The van der Waals surface area contributed by atoms with Crippen LogP contribution in [0.1, 0.15) is 72.1 Å². The van der Waals surface area contributed by atoms with Crippen molar-refractivity contribution in [2.24, 2.45) is 40.4 Å². The molecule has 1 saturated heterocycles. The molecule has 2 heteroatoms. The minimum absolute atomic E-state index is 0.240. The van der Waals surface area contributed by atoms with Crippen molar-refractivity contribution in [2.75, 3.05) is 13.2 Å². The first kappa shape index (κ1) is 16.8. The van der Waals surface area contributed by atoms with Crippen molar-refractivity contribution in [2.45, 2.75) is 77.9 Å². The molecule has 0 aromatic rings. The van der Waals surface area contributed by atoms with Gasteiger partial charge in [0.25, 0.3) is 0 Å². The van der Waals surface area contributed by atoms with Gasteiger partial charge < -0.3 is 9.47 Å². The van der Waals surface area contributed by atoms with E-state index in [0.717, 1.165) is 49.2 Å². The van der Waals surface area contributed by atoms with Gasteiger partial charge in [-0.2, -0.15) is 0 Å². The molecule has 5 rings (SSSR count). The fourth-order valence-corrected chi connectivity index (χ4v) is 8.08. The lowest BCUT2D eigenvalue weighted by Crippen LogP contribution is -2.56. The van der Waals surface area contributed by atoms with Gasteiger partial charge in [0, 0.05) is 11.8 Å². The van der Waals surface area contributed by atoms with E-state index in [2.05, 4.69) is 32.9 Å². The van der Waals surface area contributed by atoms with E-state index >= 15 is 0 Å². The predicted octanol–water partition coefficient (Wildman–Crippen LogP) is 5.57. The molecular weight excluding hydrogens is 308 g/mol. The van der Waals surface area contributed by atoms with Crippen molar-refractivity contribution in [1.82, 2.24) is 0 Å². The zero-order valence-electron chi connectivity index (χ0n) is 16.4. The highest BCUT2D eigenvalue weighted by molar-refractivity contribution is 5.18. The van der Waals surface area contributed by atoms with Crippen LogP contribution >= 0.6 is 0 Å². The van der Waals surface area contributed by atoms with E-state index in [-0.39, 0.29) is 11.2 Å². The molecule has 0 N–H and O–H groups in total. The molecule has 1 aliphatic heterocycles. The second-order valence-corrected chi connectivity index (χ2v) is 10.2. The van der Waals surface area contributed by atoms with Gasteiger partial charge in [-0.15, -0.1) is 0 Å². The van der Waals surface area contributed by atoms with Crippen molar-refractivity contribution in [1.29, 1.82) is 0 Å². The van der Waals surface area contributed by atoms with Crippen molar-refractivity contribution in [3.63, 3.8) is 0 Å². The molecule has 2 nitrogen and oxygen atoms in total. The molecule has 4 aliphatic carbocycles. The first-order chi connectivity index (χ1) is 12.0. The number of ether oxygens (including phenoxy) is 2. The summed E-state index contributed by atoms with van der Waals surface area (Å²) in [4.78, 5) is 0. The molecule has 1 spiro atoms. The molecule has 5 aliphatic rings. The molecule has 3 saturated carbocycles. The van der Waals surface area contributed by atoms with Gasteiger partial charge in [0.1, 0.15) is 0 Å². The lowest BCUT2D eigenvalue weighted by molar-refractivity contribution is -0.244. The summed E-state index contributed by atoms with van der Waals surface area (Å²) < 4.78 is 12.6. The van der Waals surface area contributed by atoms with E-state index in [0.29, 0.717) is 5.41 Å². The maximum absolute atomic E-state index is 6.28. The lowest BCUT2D eigenvalue weighted by Gasteiger charge is -2.60. The van der Waals surface area contributed by atoms with E-state index in [1.807, 2.05) is 0 Å². The molecule has 4 fully saturated rings. The monoisotopic (exact) mass is 344 g/mol. The highest BCUT2D eigenvalue weighted by Gasteiger charge is 2.66. The van der Waals surface area contributed by atoms with Gasteiger partial charge in [0.05, 0.1) is 13.2 Å². The Kier molecular flexibility index (Phi) is 3.75.